The summed E-state index contributed by atoms with van der Waals surface area (Å²) < 4.78 is 5.24. The highest BCUT2D eigenvalue weighted by Gasteiger charge is 2.10. The molecule has 0 aromatic heterocycles. The van der Waals surface area contributed by atoms with Gasteiger partial charge in [0.1, 0.15) is 5.75 Å². The van der Waals surface area contributed by atoms with E-state index in [2.05, 4.69) is 0 Å². The van der Waals surface area contributed by atoms with Gasteiger partial charge in [-0.1, -0.05) is 6.07 Å². The molecule has 0 fully saturated rings. The highest BCUT2D eigenvalue weighted by atomic mass is 16.5. The van der Waals surface area contributed by atoms with Gasteiger partial charge in [-0.2, -0.15) is 0 Å². The SMILES string of the molecule is CCOc1ccc(C)c(C=O)c1C=O. The van der Waals surface area contributed by atoms with Gasteiger partial charge < -0.3 is 4.74 Å². The second-order valence-corrected chi connectivity index (χ2v) is 2.88. The molecule has 0 amide bonds. The Bertz CT molecular complexity index is 356. The quantitative estimate of drug-likeness (QED) is 0.685. The smallest absolute Gasteiger partial charge is 0.154 e. The lowest BCUT2D eigenvalue weighted by Gasteiger charge is -2.09. The van der Waals surface area contributed by atoms with Crippen molar-refractivity contribution in [1.82, 2.24) is 0 Å². The van der Waals surface area contributed by atoms with Crippen molar-refractivity contribution in [2.24, 2.45) is 0 Å². The van der Waals surface area contributed by atoms with E-state index in [1.54, 1.807) is 19.1 Å². The molecule has 0 radical (unpaired) electrons. The first-order valence-electron chi connectivity index (χ1n) is 4.41. The molecule has 14 heavy (non-hydrogen) atoms. The Morgan fingerprint density at radius 3 is 2.36 bits per heavy atom. The van der Waals surface area contributed by atoms with Gasteiger partial charge in [0.05, 0.1) is 12.2 Å². The van der Waals surface area contributed by atoms with Crippen LogP contribution in [0.5, 0.6) is 5.75 Å². The second kappa shape index (κ2) is 4.56. The van der Waals surface area contributed by atoms with Crippen LogP contribution in [0, 0.1) is 6.92 Å². The van der Waals surface area contributed by atoms with Crippen molar-refractivity contribution in [2.75, 3.05) is 6.61 Å². The fourth-order valence-electron chi connectivity index (χ4n) is 1.28. The van der Waals surface area contributed by atoms with Crippen LogP contribution >= 0.6 is 0 Å². The van der Waals surface area contributed by atoms with Crippen LogP contribution in [0.15, 0.2) is 12.1 Å². The zero-order chi connectivity index (χ0) is 10.6. The number of aldehydes is 2. The van der Waals surface area contributed by atoms with Gasteiger partial charge in [-0.25, -0.2) is 0 Å². The van der Waals surface area contributed by atoms with E-state index in [0.717, 1.165) is 5.56 Å². The molecule has 74 valence electrons. The summed E-state index contributed by atoms with van der Waals surface area (Å²) in [5.74, 6) is 0.468. The summed E-state index contributed by atoms with van der Waals surface area (Å²) in [6.45, 7) is 4.09. The van der Waals surface area contributed by atoms with E-state index in [-0.39, 0.29) is 0 Å². The maximum absolute atomic E-state index is 10.8. The summed E-state index contributed by atoms with van der Waals surface area (Å²) in [5.41, 5.74) is 1.53. The maximum Gasteiger partial charge on any atom is 0.154 e. The largest absolute Gasteiger partial charge is 0.493 e. The Hall–Kier alpha value is -1.64. The number of carbonyl (C=O) groups is 2. The monoisotopic (exact) mass is 192 g/mol. The van der Waals surface area contributed by atoms with E-state index in [1.165, 1.54) is 0 Å². The van der Waals surface area contributed by atoms with E-state index >= 15 is 0 Å². The van der Waals surface area contributed by atoms with E-state index in [4.69, 9.17) is 4.74 Å². The van der Waals surface area contributed by atoms with Crippen molar-refractivity contribution in [3.63, 3.8) is 0 Å². The third kappa shape index (κ3) is 1.82. The molecule has 1 aromatic rings. The zero-order valence-electron chi connectivity index (χ0n) is 8.24. The van der Waals surface area contributed by atoms with E-state index < -0.39 is 0 Å². The number of benzene rings is 1. The first-order valence-corrected chi connectivity index (χ1v) is 4.41. The van der Waals surface area contributed by atoms with Crippen LogP contribution in [0.25, 0.3) is 0 Å². The minimum absolute atomic E-state index is 0.335. The molecule has 0 saturated heterocycles. The molecule has 0 saturated carbocycles. The molecule has 1 aromatic carbocycles. The van der Waals surface area contributed by atoms with Crippen molar-refractivity contribution in [2.45, 2.75) is 13.8 Å². The predicted octanol–water partition coefficient (Wildman–Crippen LogP) is 2.02. The third-order valence-corrected chi connectivity index (χ3v) is 2.00. The standard InChI is InChI=1S/C11H12O3/c1-3-14-11-5-4-8(2)9(6-12)10(11)7-13/h4-7H,3H2,1-2H3. The van der Waals surface area contributed by atoms with Crippen LogP contribution in [0.2, 0.25) is 0 Å². The van der Waals surface area contributed by atoms with Crippen molar-refractivity contribution < 1.29 is 14.3 Å². The summed E-state index contributed by atoms with van der Waals surface area (Å²) in [7, 11) is 0. The molecule has 3 heteroatoms. The highest BCUT2D eigenvalue weighted by Crippen LogP contribution is 2.22. The second-order valence-electron chi connectivity index (χ2n) is 2.88. The average Bonchev–Trinajstić information content (AvgIpc) is 2.20. The topological polar surface area (TPSA) is 43.4 Å². The molecule has 0 aliphatic rings. The molecule has 1 rings (SSSR count). The van der Waals surface area contributed by atoms with Crippen LogP contribution in [-0.4, -0.2) is 19.2 Å². The first-order chi connectivity index (χ1) is 6.74. The Morgan fingerprint density at radius 1 is 1.21 bits per heavy atom. The summed E-state index contributed by atoms with van der Waals surface area (Å²) in [6, 6.07) is 3.47. The fraction of sp³-hybridized carbons (Fsp3) is 0.273. The lowest BCUT2D eigenvalue weighted by Crippen LogP contribution is -2.01. The summed E-state index contributed by atoms with van der Waals surface area (Å²) in [6.07, 6.45) is 1.34. The van der Waals surface area contributed by atoms with Gasteiger partial charge in [0.2, 0.25) is 0 Å². The maximum atomic E-state index is 10.8. The van der Waals surface area contributed by atoms with Crippen LogP contribution in [0.4, 0.5) is 0 Å². The summed E-state index contributed by atoms with van der Waals surface area (Å²) in [4.78, 5) is 21.5. The first kappa shape index (κ1) is 10.4. The van der Waals surface area contributed by atoms with Gasteiger partial charge in [0.25, 0.3) is 0 Å². The van der Waals surface area contributed by atoms with Crippen LogP contribution in [-0.2, 0) is 0 Å². The van der Waals surface area contributed by atoms with Crippen LogP contribution < -0.4 is 4.74 Å². The number of rotatable bonds is 4. The molecule has 0 heterocycles. The van der Waals surface area contributed by atoms with Crippen molar-refractivity contribution in [3.8, 4) is 5.75 Å². The lowest BCUT2D eigenvalue weighted by atomic mass is 10.0. The highest BCUT2D eigenvalue weighted by molar-refractivity contribution is 5.94. The van der Waals surface area contributed by atoms with Crippen molar-refractivity contribution >= 4 is 12.6 Å². The van der Waals surface area contributed by atoms with E-state index in [1.807, 2.05) is 6.92 Å². The molecule has 0 N–H and O–H groups in total. The molecule has 0 bridgehead atoms. The Labute approximate surface area is 82.7 Å². The summed E-state index contributed by atoms with van der Waals surface area (Å²) in [5, 5.41) is 0. The molecular weight excluding hydrogens is 180 g/mol. The molecule has 0 atom stereocenters. The van der Waals surface area contributed by atoms with Crippen LogP contribution in [0.3, 0.4) is 0 Å². The van der Waals surface area contributed by atoms with Gasteiger partial charge in [0.15, 0.2) is 12.6 Å². The molecule has 0 aliphatic carbocycles. The van der Waals surface area contributed by atoms with Gasteiger partial charge in [-0.15, -0.1) is 0 Å². The minimum atomic E-state index is 0.335. The Morgan fingerprint density at radius 2 is 1.86 bits per heavy atom. The van der Waals surface area contributed by atoms with E-state index in [9.17, 15) is 9.59 Å². The third-order valence-electron chi connectivity index (χ3n) is 2.00. The minimum Gasteiger partial charge on any atom is -0.493 e. The lowest BCUT2D eigenvalue weighted by molar-refractivity contribution is 0.109. The predicted molar refractivity (Wildman–Crippen MR) is 53.1 cm³/mol. The average molecular weight is 192 g/mol. The normalized spacial score (nSPS) is 9.57. The molecule has 0 aliphatic heterocycles. The number of hydrogen-bond donors (Lipinski definition) is 0. The fourth-order valence-corrected chi connectivity index (χ4v) is 1.28. The van der Waals surface area contributed by atoms with Crippen LogP contribution in [0.1, 0.15) is 33.2 Å². The van der Waals surface area contributed by atoms with Gasteiger partial charge in [-0.05, 0) is 25.5 Å². The molecular formula is C11H12O3. The molecule has 3 nitrogen and oxygen atoms in total. The molecule has 0 spiro atoms. The zero-order valence-corrected chi connectivity index (χ0v) is 8.24. The Kier molecular flexibility index (Phi) is 3.40. The Balaban J connectivity index is 3.32. The van der Waals surface area contributed by atoms with Gasteiger partial charge in [0, 0.05) is 5.56 Å². The number of hydrogen-bond acceptors (Lipinski definition) is 3. The van der Waals surface area contributed by atoms with Gasteiger partial charge >= 0.3 is 0 Å². The van der Waals surface area contributed by atoms with Crippen molar-refractivity contribution in [1.29, 1.82) is 0 Å². The molecule has 0 unspecified atom stereocenters. The van der Waals surface area contributed by atoms with E-state index in [0.29, 0.717) is 36.1 Å². The number of carbonyl (C=O) groups excluding carboxylic acids is 2. The van der Waals surface area contributed by atoms with Gasteiger partial charge in [-0.3, -0.25) is 9.59 Å². The summed E-state index contributed by atoms with van der Waals surface area (Å²) >= 11 is 0. The number of aryl methyl sites for hydroxylation is 1. The van der Waals surface area contributed by atoms with Crippen molar-refractivity contribution in [3.05, 3.63) is 28.8 Å². The number of ether oxygens (including phenoxy) is 1.